The number of hydrogen-bond donors (Lipinski definition) is 0. The second-order valence-corrected chi connectivity index (χ2v) is 5.95. The molecule has 0 bridgehead atoms. The van der Waals surface area contributed by atoms with Gasteiger partial charge in [-0.2, -0.15) is 0 Å². The van der Waals surface area contributed by atoms with E-state index in [2.05, 4.69) is 4.98 Å². The number of pyridine rings is 1. The third-order valence-corrected chi connectivity index (χ3v) is 2.99. The highest BCUT2D eigenvalue weighted by atomic mass is 35.5. The fraction of sp³-hybridized carbons (Fsp3) is 0.538. The van der Waals surface area contributed by atoms with Gasteiger partial charge in [-0.25, -0.2) is 4.98 Å². The van der Waals surface area contributed by atoms with Crippen LogP contribution in [0.3, 0.4) is 0 Å². The fourth-order valence-corrected chi connectivity index (χ4v) is 1.87. The third kappa shape index (κ3) is 2.93. The largest absolute Gasteiger partial charge is 0.471 e. The first kappa shape index (κ1) is 13.1. The van der Waals surface area contributed by atoms with E-state index in [0.717, 1.165) is 0 Å². The number of ether oxygens (including phenoxy) is 1. The molecule has 0 aliphatic carbocycles. The monoisotopic (exact) mass is 268 g/mol. The first-order valence-electron chi connectivity index (χ1n) is 5.94. The summed E-state index contributed by atoms with van der Waals surface area (Å²) in [5.74, 6) is 0.707. The molecule has 1 aliphatic rings. The highest BCUT2D eigenvalue weighted by Crippen LogP contribution is 2.23. The van der Waals surface area contributed by atoms with E-state index in [-0.39, 0.29) is 17.4 Å². The Balaban J connectivity index is 1.83. The molecule has 2 heterocycles. The highest BCUT2D eigenvalue weighted by molar-refractivity contribution is 6.30. The molecule has 0 unspecified atom stereocenters. The third-order valence-electron chi connectivity index (χ3n) is 2.76. The van der Waals surface area contributed by atoms with Crippen molar-refractivity contribution in [3.63, 3.8) is 0 Å². The Morgan fingerprint density at radius 3 is 2.61 bits per heavy atom. The van der Waals surface area contributed by atoms with E-state index in [0.29, 0.717) is 24.0 Å². The number of halogens is 1. The van der Waals surface area contributed by atoms with Crippen LogP contribution in [0.5, 0.6) is 5.88 Å². The zero-order valence-electron chi connectivity index (χ0n) is 10.8. The summed E-state index contributed by atoms with van der Waals surface area (Å²) in [6.07, 6.45) is 1.58. The maximum absolute atomic E-state index is 11.9. The van der Waals surface area contributed by atoms with Crippen molar-refractivity contribution in [2.45, 2.75) is 26.9 Å². The maximum Gasteiger partial charge on any atom is 0.228 e. The van der Waals surface area contributed by atoms with Gasteiger partial charge in [0.25, 0.3) is 0 Å². The van der Waals surface area contributed by atoms with Crippen LogP contribution in [-0.2, 0) is 4.79 Å². The van der Waals surface area contributed by atoms with Gasteiger partial charge in [-0.3, -0.25) is 4.79 Å². The van der Waals surface area contributed by atoms with Crippen LogP contribution in [0, 0.1) is 5.41 Å². The summed E-state index contributed by atoms with van der Waals surface area (Å²) >= 11 is 5.74. The van der Waals surface area contributed by atoms with E-state index >= 15 is 0 Å². The van der Waals surface area contributed by atoms with Gasteiger partial charge < -0.3 is 9.64 Å². The van der Waals surface area contributed by atoms with Crippen molar-refractivity contribution >= 4 is 17.5 Å². The fourth-order valence-electron chi connectivity index (χ4n) is 1.76. The average Bonchev–Trinajstić information content (AvgIpc) is 2.23. The molecule has 98 valence electrons. The Hall–Kier alpha value is -1.29. The van der Waals surface area contributed by atoms with E-state index in [9.17, 15) is 4.79 Å². The van der Waals surface area contributed by atoms with Gasteiger partial charge in [0.2, 0.25) is 11.8 Å². The normalized spacial score (nSPS) is 16.3. The van der Waals surface area contributed by atoms with E-state index in [1.54, 1.807) is 23.2 Å². The number of carbonyl (C=O) groups is 1. The van der Waals surface area contributed by atoms with Crippen molar-refractivity contribution in [1.82, 2.24) is 9.88 Å². The smallest absolute Gasteiger partial charge is 0.228 e. The van der Waals surface area contributed by atoms with Gasteiger partial charge in [0.1, 0.15) is 6.10 Å². The Morgan fingerprint density at radius 2 is 2.11 bits per heavy atom. The van der Waals surface area contributed by atoms with Crippen molar-refractivity contribution < 1.29 is 9.53 Å². The minimum absolute atomic E-state index is 0.0324. The summed E-state index contributed by atoms with van der Waals surface area (Å²) in [6, 6.07) is 3.47. The van der Waals surface area contributed by atoms with Crippen molar-refractivity contribution in [3.05, 3.63) is 23.4 Å². The molecule has 0 N–H and O–H groups in total. The molecule has 1 amide bonds. The van der Waals surface area contributed by atoms with Gasteiger partial charge in [-0.15, -0.1) is 0 Å². The van der Waals surface area contributed by atoms with Crippen LogP contribution in [0.1, 0.15) is 20.8 Å². The van der Waals surface area contributed by atoms with Crippen molar-refractivity contribution in [2.75, 3.05) is 13.1 Å². The van der Waals surface area contributed by atoms with Gasteiger partial charge in [-0.05, 0) is 6.07 Å². The van der Waals surface area contributed by atoms with Gasteiger partial charge in [0.15, 0.2) is 0 Å². The average molecular weight is 269 g/mol. The molecule has 0 spiro atoms. The second-order valence-electron chi connectivity index (χ2n) is 5.51. The summed E-state index contributed by atoms with van der Waals surface area (Å²) in [5, 5.41) is 0.584. The zero-order valence-corrected chi connectivity index (χ0v) is 11.6. The predicted molar refractivity (Wildman–Crippen MR) is 69.7 cm³/mol. The molecule has 18 heavy (non-hydrogen) atoms. The molecule has 1 aliphatic heterocycles. The molecule has 4 nitrogen and oxygen atoms in total. The van der Waals surface area contributed by atoms with E-state index in [1.165, 1.54) is 0 Å². The van der Waals surface area contributed by atoms with Crippen LogP contribution in [0.15, 0.2) is 18.3 Å². The van der Waals surface area contributed by atoms with Gasteiger partial charge in [-0.1, -0.05) is 32.4 Å². The van der Waals surface area contributed by atoms with E-state index < -0.39 is 0 Å². The summed E-state index contributed by atoms with van der Waals surface area (Å²) in [5.41, 5.74) is -0.330. The van der Waals surface area contributed by atoms with Crippen LogP contribution in [0.25, 0.3) is 0 Å². The first-order valence-corrected chi connectivity index (χ1v) is 6.31. The topological polar surface area (TPSA) is 42.4 Å². The zero-order chi connectivity index (χ0) is 13.3. The van der Waals surface area contributed by atoms with Gasteiger partial charge in [0.05, 0.1) is 18.1 Å². The molecular weight excluding hydrogens is 252 g/mol. The van der Waals surface area contributed by atoms with Crippen LogP contribution < -0.4 is 4.74 Å². The molecule has 5 heteroatoms. The summed E-state index contributed by atoms with van der Waals surface area (Å²) < 4.78 is 5.63. The van der Waals surface area contributed by atoms with E-state index in [4.69, 9.17) is 16.3 Å². The quantitative estimate of drug-likeness (QED) is 0.827. The number of rotatable bonds is 2. The number of aromatic nitrogens is 1. The minimum Gasteiger partial charge on any atom is -0.471 e. The number of amides is 1. The van der Waals surface area contributed by atoms with Crippen LogP contribution in [0.2, 0.25) is 5.02 Å². The second kappa shape index (κ2) is 4.76. The van der Waals surface area contributed by atoms with Gasteiger partial charge >= 0.3 is 0 Å². The Labute approximate surface area is 112 Å². The molecule has 1 aromatic rings. The number of hydrogen-bond acceptors (Lipinski definition) is 3. The molecular formula is C13H17ClN2O2. The molecule has 1 fully saturated rings. The van der Waals surface area contributed by atoms with Crippen LogP contribution in [-0.4, -0.2) is 35.0 Å². The Morgan fingerprint density at radius 1 is 1.44 bits per heavy atom. The number of carbonyl (C=O) groups excluding carboxylic acids is 1. The predicted octanol–water partition coefficient (Wildman–Crippen LogP) is 2.37. The Bertz CT molecular complexity index is 433. The first-order chi connectivity index (χ1) is 8.36. The van der Waals surface area contributed by atoms with Gasteiger partial charge in [0, 0.05) is 17.7 Å². The van der Waals surface area contributed by atoms with E-state index in [1.807, 2.05) is 20.8 Å². The SMILES string of the molecule is CC(C)(C)C(=O)N1CC(Oc2ccc(Cl)cn2)C1. The Kier molecular flexibility index (Phi) is 3.48. The summed E-state index contributed by atoms with van der Waals surface area (Å²) in [6.45, 7) is 7.01. The standard InChI is InChI=1S/C13H17ClN2O2/c1-13(2,3)12(17)16-7-10(8-16)18-11-5-4-9(14)6-15-11/h4-6,10H,7-8H2,1-3H3. The van der Waals surface area contributed by atoms with Crippen LogP contribution >= 0.6 is 11.6 Å². The lowest BCUT2D eigenvalue weighted by Crippen LogP contribution is -2.58. The summed E-state index contributed by atoms with van der Waals surface area (Å²) in [4.78, 5) is 17.8. The number of nitrogens with zero attached hydrogens (tertiary/aromatic N) is 2. The molecule has 2 rings (SSSR count). The van der Waals surface area contributed by atoms with Crippen molar-refractivity contribution in [3.8, 4) is 5.88 Å². The van der Waals surface area contributed by atoms with Crippen molar-refractivity contribution in [1.29, 1.82) is 0 Å². The maximum atomic E-state index is 11.9. The minimum atomic E-state index is -0.330. The molecule has 0 aromatic carbocycles. The molecule has 0 saturated carbocycles. The lowest BCUT2D eigenvalue weighted by molar-refractivity contribution is -0.148. The lowest BCUT2D eigenvalue weighted by Gasteiger charge is -2.41. The highest BCUT2D eigenvalue weighted by Gasteiger charge is 2.37. The summed E-state index contributed by atoms with van der Waals surface area (Å²) in [7, 11) is 0. The lowest BCUT2D eigenvalue weighted by atomic mass is 9.93. The number of likely N-dealkylation sites (tertiary alicyclic amines) is 1. The van der Waals surface area contributed by atoms with Crippen molar-refractivity contribution in [2.24, 2.45) is 5.41 Å². The molecule has 1 aromatic heterocycles. The molecule has 1 saturated heterocycles. The van der Waals surface area contributed by atoms with Crippen LogP contribution in [0.4, 0.5) is 0 Å². The molecule has 0 radical (unpaired) electrons. The molecule has 0 atom stereocenters.